The van der Waals surface area contributed by atoms with Crippen LogP contribution in [0.3, 0.4) is 0 Å². The molecule has 3 amide bonds. The number of hydrogen-bond donors (Lipinski definition) is 1. The Morgan fingerprint density at radius 3 is 2.49 bits per heavy atom. The molecule has 1 N–H and O–H groups in total. The van der Waals surface area contributed by atoms with E-state index in [4.69, 9.17) is 9.47 Å². The Morgan fingerprint density at radius 1 is 1.11 bits per heavy atom. The number of nitrogens with one attached hydrogen (secondary N) is 1. The Bertz CT molecular complexity index is 1140. The van der Waals surface area contributed by atoms with Gasteiger partial charge in [-0.15, -0.1) is 0 Å². The number of alkyl halides is 3. The number of likely N-dealkylation sites (tertiary alicyclic amines) is 2. The summed E-state index contributed by atoms with van der Waals surface area (Å²) in [6.07, 6.45) is -2.27. The minimum Gasteiger partial charge on any atom is -0.375 e. The van der Waals surface area contributed by atoms with E-state index in [1.807, 2.05) is 0 Å². The van der Waals surface area contributed by atoms with Gasteiger partial charge in [-0.1, -0.05) is 0 Å². The Balaban J connectivity index is 1.13. The van der Waals surface area contributed by atoms with Gasteiger partial charge in [-0.2, -0.15) is 13.2 Å². The molecule has 9 nitrogen and oxygen atoms in total. The smallest absolute Gasteiger partial charge is 0.375 e. The van der Waals surface area contributed by atoms with Crippen molar-refractivity contribution in [1.29, 1.82) is 0 Å². The van der Waals surface area contributed by atoms with Crippen molar-refractivity contribution in [3.05, 3.63) is 29.8 Å². The summed E-state index contributed by atoms with van der Waals surface area (Å²) >= 11 is 0. The first kappa shape index (κ1) is 26.2. The summed E-state index contributed by atoms with van der Waals surface area (Å²) in [6.45, 7) is 2.21. The second-order valence-electron chi connectivity index (χ2n) is 10.4. The summed E-state index contributed by atoms with van der Waals surface area (Å²) in [5.41, 5.74) is -1.40. The molecule has 0 aromatic heterocycles. The van der Waals surface area contributed by atoms with Crippen molar-refractivity contribution in [3.8, 4) is 0 Å². The summed E-state index contributed by atoms with van der Waals surface area (Å²) in [6, 6.07) is 3.27. The molecule has 4 aliphatic rings. The Kier molecular flexibility index (Phi) is 6.90. The number of hydrogen-bond acceptors (Lipinski definition) is 6. The molecule has 4 fully saturated rings. The lowest BCUT2D eigenvalue weighted by Crippen LogP contribution is -2.63. The zero-order valence-corrected chi connectivity index (χ0v) is 21.0. The number of nitrogens with zero attached hydrogens (tertiary/aromatic N) is 2. The topological polar surface area (TPSA) is 105 Å². The first-order valence-corrected chi connectivity index (χ1v) is 14.1. The lowest BCUT2D eigenvalue weighted by atomic mass is 9.86. The third-order valence-corrected chi connectivity index (χ3v) is 9.72. The molecule has 1 spiro atoms. The predicted octanol–water partition coefficient (Wildman–Crippen LogP) is 2.06. The Morgan fingerprint density at radius 2 is 1.81 bits per heavy atom. The van der Waals surface area contributed by atoms with Gasteiger partial charge >= 0.3 is 12.2 Å². The summed E-state index contributed by atoms with van der Waals surface area (Å²) < 4.78 is 75.7. The molecular weight excluding hydrogens is 515 g/mol. The maximum absolute atomic E-state index is 13.1. The number of carbonyl (C=O) groups is 2. The van der Waals surface area contributed by atoms with Crippen molar-refractivity contribution in [2.24, 2.45) is 5.92 Å². The number of fused-ring (bicyclic) bond motifs is 1. The third-order valence-electron chi connectivity index (χ3n) is 7.82. The number of halogens is 3. The highest BCUT2D eigenvalue weighted by Crippen LogP contribution is 2.40. The van der Waals surface area contributed by atoms with Gasteiger partial charge in [-0.25, -0.2) is 13.2 Å². The molecule has 3 atom stereocenters. The highest BCUT2D eigenvalue weighted by atomic mass is 32.2. The van der Waals surface area contributed by atoms with E-state index >= 15 is 0 Å². The average molecular weight is 546 g/mol. The molecule has 204 valence electrons. The zero-order chi connectivity index (χ0) is 26.4. The zero-order valence-electron chi connectivity index (χ0n) is 20.2. The van der Waals surface area contributed by atoms with Crippen molar-refractivity contribution in [2.45, 2.75) is 54.5 Å². The lowest BCUT2D eigenvalue weighted by molar-refractivity contribution is -0.140. The van der Waals surface area contributed by atoms with Crippen LogP contribution < -0.4 is 5.32 Å². The highest BCUT2D eigenvalue weighted by Gasteiger charge is 2.46. The number of ether oxygens (including phenoxy) is 2. The van der Waals surface area contributed by atoms with E-state index in [9.17, 15) is 31.2 Å². The van der Waals surface area contributed by atoms with Gasteiger partial charge in [-0.05, 0) is 55.9 Å². The molecule has 13 heteroatoms. The van der Waals surface area contributed by atoms with Crippen molar-refractivity contribution in [2.75, 3.05) is 45.1 Å². The third kappa shape index (κ3) is 5.58. The van der Waals surface area contributed by atoms with E-state index in [-0.39, 0.29) is 53.9 Å². The number of benzene rings is 1. The van der Waals surface area contributed by atoms with Crippen LogP contribution in [0.5, 0.6) is 0 Å². The SMILES string of the molecule is O=C1CO[C@H]2CCN(C(=O)N3CCC4(CC3)C[C@@H](CS(=O)(=O)c3ccc(C(F)(F)F)cc3)CO4)C[C@H]2N1. The normalized spacial score (nSPS) is 28.2. The van der Waals surface area contributed by atoms with Crippen LogP contribution in [0, 0.1) is 5.92 Å². The van der Waals surface area contributed by atoms with Crippen LogP contribution in [0.4, 0.5) is 18.0 Å². The summed E-state index contributed by atoms with van der Waals surface area (Å²) in [5, 5.41) is 2.89. The molecule has 1 aromatic carbocycles. The highest BCUT2D eigenvalue weighted by molar-refractivity contribution is 7.91. The molecule has 4 saturated heterocycles. The fraction of sp³-hybridized carbons (Fsp3) is 0.667. The minimum atomic E-state index is -4.53. The van der Waals surface area contributed by atoms with E-state index in [0.717, 1.165) is 24.3 Å². The number of carbonyl (C=O) groups excluding carboxylic acids is 2. The summed E-state index contributed by atoms with van der Waals surface area (Å²) in [4.78, 5) is 28.1. The van der Waals surface area contributed by atoms with Crippen molar-refractivity contribution >= 4 is 21.8 Å². The van der Waals surface area contributed by atoms with Gasteiger partial charge in [0.1, 0.15) is 6.61 Å². The number of amides is 3. The molecular formula is C24H30F3N3O6S. The van der Waals surface area contributed by atoms with Crippen LogP contribution in [0.15, 0.2) is 29.2 Å². The molecule has 4 heterocycles. The van der Waals surface area contributed by atoms with E-state index in [2.05, 4.69) is 5.32 Å². The first-order chi connectivity index (χ1) is 17.4. The largest absolute Gasteiger partial charge is 0.416 e. The predicted molar refractivity (Wildman–Crippen MR) is 124 cm³/mol. The minimum absolute atomic E-state index is 0.0515. The van der Waals surface area contributed by atoms with Crippen LogP contribution in [0.2, 0.25) is 0 Å². The van der Waals surface area contributed by atoms with Crippen LogP contribution in [0.25, 0.3) is 0 Å². The molecule has 0 bridgehead atoms. The molecule has 4 aliphatic heterocycles. The Hall–Kier alpha value is -2.38. The standard InChI is InChI=1S/C24H30F3N3O6S/c25-24(26,27)17-1-3-18(4-2-17)37(33,34)15-16-11-23(36-13-16)6-9-29(10-7-23)22(32)30-8-5-20-19(12-30)28-21(31)14-35-20/h1-4,16,19-20H,5-15H2,(H,28,31)/t16-,19-,20+/m1/s1. The van der Waals surface area contributed by atoms with Crippen molar-refractivity contribution in [3.63, 3.8) is 0 Å². The van der Waals surface area contributed by atoms with Gasteiger partial charge in [0.05, 0.1) is 40.6 Å². The van der Waals surface area contributed by atoms with E-state index in [0.29, 0.717) is 51.9 Å². The molecule has 0 saturated carbocycles. The fourth-order valence-corrected chi connectivity index (χ4v) is 7.41. The molecule has 5 rings (SSSR count). The van der Waals surface area contributed by atoms with E-state index in [1.54, 1.807) is 9.80 Å². The molecule has 1 aromatic rings. The first-order valence-electron chi connectivity index (χ1n) is 12.4. The number of morpholine rings is 1. The van der Waals surface area contributed by atoms with E-state index in [1.165, 1.54) is 0 Å². The molecule has 0 unspecified atom stereocenters. The van der Waals surface area contributed by atoms with Gasteiger partial charge in [-0.3, -0.25) is 4.79 Å². The molecule has 0 aliphatic carbocycles. The van der Waals surface area contributed by atoms with Gasteiger partial charge in [0.25, 0.3) is 0 Å². The van der Waals surface area contributed by atoms with Gasteiger partial charge < -0.3 is 24.6 Å². The lowest BCUT2D eigenvalue weighted by Gasteiger charge is -2.44. The summed E-state index contributed by atoms with van der Waals surface area (Å²) in [7, 11) is -3.77. The van der Waals surface area contributed by atoms with Gasteiger partial charge in [0.2, 0.25) is 5.91 Å². The van der Waals surface area contributed by atoms with Crippen LogP contribution in [0.1, 0.15) is 31.2 Å². The quantitative estimate of drug-likeness (QED) is 0.624. The number of urea groups is 1. The molecule has 37 heavy (non-hydrogen) atoms. The Labute approximate surface area is 213 Å². The number of rotatable bonds is 3. The molecule has 0 radical (unpaired) electrons. The van der Waals surface area contributed by atoms with Gasteiger partial charge in [0.15, 0.2) is 9.84 Å². The monoisotopic (exact) mass is 545 g/mol. The second-order valence-corrected chi connectivity index (χ2v) is 12.4. The van der Waals surface area contributed by atoms with Crippen molar-refractivity contribution < 1.29 is 40.7 Å². The van der Waals surface area contributed by atoms with E-state index < -0.39 is 27.2 Å². The van der Waals surface area contributed by atoms with Gasteiger partial charge in [0, 0.05) is 26.2 Å². The fourth-order valence-electron chi connectivity index (χ4n) is 5.83. The summed E-state index contributed by atoms with van der Waals surface area (Å²) in [5.74, 6) is -0.653. The maximum atomic E-state index is 13.1. The number of sulfone groups is 1. The van der Waals surface area contributed by atoms with Crippen LogP contribution in [-0.4, -0.2) is 93.0 Å². The average Bonchev–Trinajstić information content (AvgIpc) is 3.24. The second kappa shape index (κ2) is 9.73. The van der Waals surface area contributed by atoms with Crippen LogP contribution in [-0.2, 0) is 30.3 Å². The van der Waals surface area contributed by atoms with Crippen molar-refractivity contribution in [1.82, 2.24) is 15.1 Å². The van der Waals surface area contributed by atoms with Crippen LogP contribution >= 0.6 is 0 Å². The maximum Gasteiger partial charge on any atom is 0.416 e. The number of piperidine rings is 2.